The third-order valence-electron chi connectivity index (χ3n) is 3.66. The Morgan fingerprint density at radius 2 is 1.62 bits per heavy atom. The maximum atomic E-state index is 12.3. The molecule has 0 fully saturated rings. The second-order valence-corrected chi connectivity index (χ2v) is 6.58. The molecule has 1 aromatic carbocycles. The average Bonchev–Trinajstić information content (AvgIpc) is 3.02. The molecule has 0 saturated heterocycles. The predicted molar refractivity (Wildman–Crippen MR) is 84.3 cm³/mol. The number of aromatic nitrogens is 2. The van der Waals surface area contributed by atoms with Crippen LogP contribution in [0.15, 0.2) is 30.3 Å². The molecule has 0 N–H and O–H groups in total. The monoisotopic (exact) mass is 327 g/mol. The molecule has 2 amide bonds. The van der Waals surface area contributed by atoms with E-state index in [0.717, 1.165) is 5.69 Å². The van der Waals surface area contributed by atoms with E-state index in [4.69, 9.17) is 4.84 Å². The van der Waals surface area contributed by atoms with E-state index >= 15 is 0 Å². The zero-order chi connectivity index (χ0) is 17.6. The molecule has 3 rings (SSSR count). The molecule has 24 heavy (non-hydrogen) atoms. The number of hydrogen-bond acceptors (Lipinski definition) is 5. The Morgan fingerprint density at radius 1 is 1.08 bits per heavy atom. The maximum absolute atomic E-state index is 12.3. The van der Waals surface area contributed by atoms with Crippen molar-refractivity contribution in [2.75, 3.05) is 0 Å². The zero-order valence-corrected chi connectivity index (χ0v) is 13.9. The third kappa shape index (κ3) is 2.47. The van der Waals surface area contributed by atoms with Crippen LogP contribution in [0.2, 0.25) is 0 Å². The number of carbonyl (C=O) groups excluding carboxylic acids is 3. The van der Waals surface area contributed by atoms with Crippen LogP contribution in [0, 0.1) is 6.92 Å². The number of aryl methyl sites for hydroxylation is 1. The molecule has 0 bridgehead atoms. The van der Waals surface area contributed by atoms with Crippen LogP contribution < -0.4 is 0 Å². The number of imide groups is 1. The lowest BCUT2D eigenvalue weighted by Gasteiger charge is -2.21. The first kappa shape index (κ1) is 15.9. The molecule has 1 aromatic heterocycles. The summed E-state index contributed by atoms with van der Waals surface area (Å²) in [6.07, 6.45) is 0. The average molecular weight is 327 g/mol. The van der Waals surface area contributed by atoms with Gasteiger partial charge in [0.05, 0.1) is 16.7 Å². The minimum atomic E-state index is -0.851. The lowest BCUT2D eigenvalue weighted by atomic mass is 10.1. The van der Waals surface area contributed by atoms with Crippen LogP contribution in [-0.4, -0.2) is 32.6 Å². The Kier molecular flexibility index (Phi) is 3.51. The number of fused-ring (bicyclic) bond motifs is 1. The number of hydrogen-bond donors (Lipinski definition) is 0. The van der Waals surface area contributed by atoms with E-state index in [0.29, 0.717) is 5.06 Å². The minimum absolute atomic E-state index is 0.0407. The summed E-state index contributed by atoms with van der Waals surface area (Å²) >= 11 is 0. The van der Waals surface area contributed by atoms with Crippen LogP contribution in [0.3, 0.4) is 0 Å². The molecule has 7 nitrogen and oxygen atoms in total. The first-order chi connectivity index (χ1) is 11.2. The Hall–Kier alpha value is -2.96. The smallest absolute Gasteiger partial charge is 0.322 e. The summed E-state index contributed by atoms with van der Waals surface area (Å²) in [5.41, 5.74) is 0.937. The Balaban J connectivity index is 1.84. The van der Waals surface area contributed by atoms with Crippen LogP contribution in [0.25, 0.3) is 0 Å². The number of carbonyl (C=O) groups is 3. The lowest BCUT2D eigenvalue weighted by Crippen LogP contribution is -2.33. The fourth-order valence-electron chi connectivity index (χ4n) is 2.63. The molecule has 2 aromatic rings. The molecule has 0 atom stereocenters. The van der Waals surface area contributed by atoms with E-state index in [1.807, 2.05) is 27.7 Å². The summed E-state index contributed by atoms with van der Waals surface area (Å²) in [6.45, 7) is 7.67. The van der Waals surface area contributed by atoms with Crippen molar-refractivity contribution >= 4 is 17.8 Å². The summed E-state index contributed by atoms with van der Waals surface area (Å²) < 4.78 is 1.69. The summed E-state index contributed by atoms with van der Waals surface area (Å²) in [4.78, 5) is 41.7. The molecule has 0 radical (unpaired) electrons. The van der Waals surface area contributed by atoms with E-state index in [1.165, 1.54) is 12.1 Å². The first-order valence-corrected chi connectivity index (χ1v) is 7.47. The Labute approximate surface area is 138 Å². The van der Waals surface area contributed by atoms with Crippen molar-refractivity contribution < 1.29 is 19.2 Å². The van der Waals surface area contributed by atoms with Crippen LogP contribution >= 0.6 is 0 Å². The van der Waals surface area contributed by atoms with Crippen molar-refractivity contribution in [3.63, 3.8) is 0 Å². The number of nitrogens with zero attached hydrogens (tertiary/aromatic N) is 3. The Bertz CT molecular complexity index is 826. The highest BCUT2D eigenvalue weighted by atomic mass is 16.7. The van der Waals surface area contributed by atoms with Crippen LogP contribution in [0.1, 0.15) is 57.7 Å². The molecular weight excluding hydrogens is 310 g/mol. The van der Waals surface area contributed by atoms with Gasteiger partial charge in [-0.2, -0.15) is 5.10 Å². The van der Waals surface area contributed by atoms with Crippen LogP contribution in [-0.2, 0) is 10.4 Å². The van der Waals surface area contributed by atoms with E-state index in [2.05, 4.69) is 5.10 Å². The van der Waals surface area contributed by atoms with E-state index in [-0.39, 0.29) is 22.4 Å². The molecular formula is C17H17N3O4. The molecule has 7 heteroatoms. The van der Waals surface area contributed by atoms with Gasteiger partial charge in [-0.3, -0.25) is 14.3 Å². The van der Waals surface area contributed by atoms with Gasteiger partial charge >= 0.3 is 5.97 Å². The van der Waals surface area contributed by atoms with Gasteiger partial charge in [-0.1, -0.05) is 17.2 Å². The second-order valence-electron chi connectivity index (χ2n) is 6.58. The van der Waals surface area contributed by atoms with Crippen LogP contribution in [0.5, 0.6) is 0 Å². The van der Waals surface area contributed by atoms with Crippen molar-refractivity contribution in [1.29, 1.82) is 0 Å². The Morgan fingerprint density at radius 3 is 2.08 bits per heavy atom. The van der Waals surface area contributed by atoms with Gasteiger partial charge in [-0.05, 0) is 45.9 Å². The highest BCUT2D eigenvalue weighted by Gasteiger charge is 2.39. The summed E-state index contributed by atoms with van der Waals surface area (Å²) in [5, 5.41) is 4.70. The van der Waals surface area contributed by atoms with Gasteiger partial charge in [0.25, 0.3) is 11.8 Å². The van der Waals surface area contributed by atoms with Gasteiger partial charge in [0.15, 0.2) is 5.69 Å². The fourth-order valence-corrected chi connectivity index (χ4v) is 2.63. The highest BCUT2D eigenvalue weighted by molar-refractivity contribution is 6.21. The van der Waals surface area contributed by atoms with Crippen molar-refractivity contribution in [3.05, 3.63) is 52.8 Å². The number of amides is 2. The second kappa shape index (κ2) is 5.30. The normalized spacial score (nSPS) is 14.1. The molecule has 2 heterocycles. The standard InChI is InChI=1S/C17H17N3O4/c1-10-9-13(18-20(10)17(2,3)4)16(23)24-19-14(21)11-7-5-6-8-12(11)15(19)22/h5-9H,1-4H3. The zero-order valence-electron chi connectivity index (χ0n) is 13.9. The maximum Gasteiger partial charge on any atom is 0.384 e. The molecule has 0 aliphatic carbocycles. The van der Waals surface area contributed by atoms with Gasteiger partial charge in [0, 0.05) is 5.69 Å². The van der Waals surface area contributed by atoms with Crippen molar-refractivity contribution in [3.8, 4) is 0 Å². The molecule has 0 unspecified atom stereocenters. The van der Waals surface area contributed by atoms with E-state index < -0.39 is 17.8 Å². The van der Waals surface area contributed by atoms with Gasteiger partial charge in [-0.25, -0.2) is 4.79 Å². The fraction of sp³-hybridized carbons (Fsp3) is 0.294. The highest BCUT2D eigenvalue weighted by Crippen LogP contribution is 2.24. The van der Waals surface area contributed by atoms with Gasteiger partial charge in [0.2, 0.25) is 0 Å². The SMILES string of the molecule is Cc1cc(C(=O)ON2C(=O)c3ccccc3C2=O)nn1C(C)(C)C. The lowest BCUT2D eigenvalue weighted by molar-refractivity contribution is -0.0589. The van der Waals surface area contributed by atoms with Crippen molar-refractivity contribution in [2.24, 2.45) is 0 Å². The largest absolute Gasteiger partial charge is 0.384 e. The number of hydroxylamine groups is 2. The molecule has 1 aliphatic rings. The predicted octanol–water partition coefficient (Wildman–Crippen LogP) is 2.31. The van der Waals surface area contributed by atoms with Gasteiger partial charge in [-0.15, -0.1) is 0 Å². The molecule has 0 saturated carbocycles. The van der Waals surface area contributed by atoms with E-state index in [9.17, 15) is 14.4 Å². The summed E-state index contributed by atoms with van der Waals surface area (Å²) in [5.74, 6) is -2.16. The molecule has 1 aliphatic heterocycles. The number of benzene rings is 1. The van der Waals surface area contributed by atoms with E-state index in [1.54, 1.807) is 22.9 Å². The minimum Gasteiger partial charge on any atom is -0.322 e. The summed E-state index contributed by atoms with van der Waals surface area (Å²) in [7, 11) is 0. The van der Waals surface area contributed by atoms with Gasteiger partial charge < -0.3 is 4.84 Å². The van der Waals surface area contributed by atoms with Crippen LogP contribution in [0.4, 0.5) is 0 Å². The van der Waals surface area contributed by atoms with Gasteiger partial charge in [0.1, 0.15) is 0 Å². The molecule has 124 valence electrons. The quantitative estimate of drug-likeness (QED) is 0.791. The van der Waals surface area contributed by atoms with Crippen molar-refractivity contribution in [2.45, 2.75) is 33.2 Å². The first-order valence-electron chi connectivity index (χ1n) is 7.47. The number of rotatable bonds is 2. The third-order valence-corrected chi connectivity index (χ3v) is 3.66. The van der Waals surface area contributed by atoms with Crippen molar-refractivity contribution in [1.82, 2.24) is 14.8 Å². The summed E-state index contributed by atoms with van der Waals surface area (Å²) in [6, 6.07) is 7.88. The topological polar surface area (TPSA) is 81.5 Å². The molecule has 0 spiro atoms.